The smallest absolute Gasteiger partial charge is 0.252 e. The number of hydrogen-bond donors (Lipinski definition) is 2. The number of carbonyl (C=O) groups is 1. The molecule has 0 saturated carbocycles. The molecule has 7 heteroatoms. The highest BCUT2D eigenvalue weighted by molar-refractivity contribution is 7.13. The lowest BCUT2D eigenvalue weighted by Crippen LogP contribution is -2.25. The summed E-state index contributed by atoms with van der Waals surface area (Å²) in [6.45, 7) is 3.16. The summed E-state index contributed by atoms with van der Waals surface area (Å²) in [4.78, 5) is 18.4. The average Bonchev–Trinajstić information content (AvgIpc) is 3.20. The van der Waals surface area contributed by atoms with Gasteiger partial charge in [0.25, 0.3) is 5.91 Å². The van der Waals surface area contributed by atoms with Crippen LogP contribution < -0.4 is 11.1 Å². The maximum Gasteiger partial charge on any atom is 0.252 e. The number of unbranched alkanes of at least 4 members (excludes halogenated alkanes) is 1. The summed E-state index contributed by atoms with van der Waals surface area (Å²) in [5, 5.41) is 10.2. The van der Waals surface area contributed by atoms with Gasteiger partial charge in [-0.2, -0.15) is 5.10 Å². The molecule has 126 valence electrons. The number of nitrogens with one attached hydrogen (secondary N) is 1. The zero-order valence-electron chi connectivity index (χ0n) is 13.9. The van der Waals surface area contributed by atoms with E-state index in [0.29, 0.717) is 18.7 Å². The van der Waals surface area contributed by atoms with E-state index in [4.69, 9.17) is 10.7 Å². The van der Waals surface area contributed by atoms with E-state index in [1.54, 1.807) is 16.0 Å². The number of fused-ring (bicyclic) bond motifs is 1. The van der Waals surface area contributed by atoms with Crippen LogP contribution in [-0.2, 0) is 7.05 Å². The summed E-state index contributed by atoms with van der Waals surface area (Å²) in [5.74, 6) is -0.0895. The van der Waals surface area contributed by atoms with Crippen LogP contribution in [0.3, 0.4) is 0 Å². The summed E-state index contributed by atoms with van der Waals surface area (Å²) in [6, 6.07) is 5.85. The Labute approximate surface area is 144 Å². The maximum absolute atomic E-state index is 12.7. The van der Waals surface area contributed by atoms with Crippen LogP contribution in [0.2, 0.25) is 0 Å². The van der Waals surface area contributed by atoms with Crippen molar-refractivity contribution in [1.82, 2.24) is 20.1 Å². The number of hydrogen-bond acceptors (Lipinski definition) is 5. The summed E-state index contributed by atoms with van der Waals surface area (Å²) in [6.07, 6.45) is 1.78. The predicted octanol–water partition coefficient (Wildman–Crippen LogP) is 2.47. The van der Waals surface area contributed by atoms with Crippen molar-refractivity contribution in [3.8, 4) is 10.6 Å². The number of aromatic nitrogens is 3. The van der Waals surface area contributed by atoms with Gasteiger partial charge in [0.1, 0.15) is 0 Å². The molecule has 3 rings (SSSR count). The van der Waals surface area contributed by atoms with Crippen molar-refractivity contribution in [3.05, 3.63) is 34.8 Å². The molecule has 0 radical (unpaired) electrons. The number of nitrogens with two attached hydrogens (primary N) is 1. The number of rotatable bonds is 6. The Hall–Kier alpha value is -2.25. The molecule has 0 aliphatic heterocycles. The van der Waals surface area contributed by atoms with Crippen molar-refractivity contribution < 1.29 is 4.79 Å². The topological polar surface area (TPSA) is 85.8 Å². The van der Waals surface area contributed by atoms with Crippen molar-refractivity contribution in [2.75, 3.05) is 13.1 Å². The highest BCUT2D eigenvalue weighted by atomic mass is 32.1. The van der Waals surface area contributed by atoms with Gasteiger partial charge in [0.2, 0.25) is 0 Å². The predicted molar refractivity (Wildman–Crippen MR) is 97.2 cm³/mol. The van der Waals surface area contributed by atoms with Crippen LogP contribution in [0.5, 0.6) is 0 Å². The van der Waals surface area contributed by atoms with Gasteiger partial charge in [-0.3, -0.25) is 9.48 Å². The van der Waals surface area contributed by atoms with E-state index in [9.17, 15) is 4.79 Å². The number of thiophene rings is 1. The second-order valence-corrected chi connectivity index (χ2v) is 6.64. The highest BCUT2D eigenvalue weighted by Gasteiger charge is 2.19. The lowest BCUT2D eigenvalue weighted by atomic mass is 10.1. The molecule has 0 fully saturated rings. The first-order valence-corrected chi connectivity index (χ1v) is 8.86. The summed E-state index contributed by atoms with van der Waals surface area (Å²) >= 11 is 1.60. The van der Waals surface area contributed by atoms with Crippen LogP contribution in [-0.4, -0.2) is 33.8 Å². The number of nitrogens with zero attached hydrogens (tertiary/aromatic N) is 3. The monoisotopic (exact) mass is 343 g/mol. The van der Waals surface area contributed by atoms with E-state index in [2.05, 4.69) is 10.4 Å². The number of pyridine rings is 1. The van der Waals surface area contributed by atoms with Gasteiger partial charge in [-0.15, -0.1) is 11.3 Å². The number of amides is 1. The minimum absolute atomic E-state index is 0.0895. The molecular formula is C17H21N5OS. The van der Waals surface area contributed by atoms with Crippen molar-refractivity contribution >= 4 is 28.3 Å². The van der Waals surface area contributed by atoms with Gasteiger partial charge in [0.15, 0.2) is 5.65 Å². The quantitative estimate of drug-likeness (QED) is 0.673. The van der Waals surface area contributed by atoms with Gasteiger partial charge in [0.05, 0.1) is 27.2 Å². The van der Waals surface area contributed by atoms with Crippen LogP contribution in [0.25, 0.3) is 21.6 Å². The van der Waals surface area contributed by atoms with E-state index in [-0.39, 0.29) is 5.91 Å². The van der Waals surface area contributed by atoms with Gasteiger partial charge in [0, 0.05) is 13.6 Å². The van der Waals surface area contributed by atoms with Gasteiger partial charge >= 0.3 is 0 Å². The SMILES string of the molecule is Cc1nn(C)c2nc(-c3cccs3)cc(C(=O)NCCCCN)c12. The summed E-state index contributed by atoms with van der Waals surface area (Å²) < 4.78 is 1.73. The van der Waals surface area contributed by atoms with E-state index in [1.807, 2.05) is 37.6 Å². The molecule has 0 bridgehead atoms. The summed E-state index contributed by atoms with van der Waals surface area (Å²) in [5.41, 5.74) is 8.46. The normalized spacial score (nSPS) is 11.1. The Balaban J connectivity index is 2.02. The van der Waals surface area contributed by atoms with Gasteiger partial charge in [-0.25, -0.2) is 4.98 Å². The standard InChI is InChI=1S/C17H21N5OS/c1-11-15-12(17(23)19-8-4-3-7-18)10-13(14-6-5-9-24-14)20-16(15)22(2)21-11/h5-6,9-10H,3-4,7-8,18H2,1-2H3,(H,19,23). The summed E-state index contributed by atoms with van der Waals surface area (Å²) in [7, 11) is 1.85. The molecule has 0 aromatic carbocycles. The van der Waals surface area contributed by atoms with E-state index >= 15 is 0 Å². The van der Waals surface area contributed by atoms with Gasteiger partial charge in [-0.1, -0.05) is 6.07 Å². The Kier molecular flexibility index (Phi) is 4.92. The third-order valence-corrected chi connectivity index (χ3v) is 4.80. The Morgan fingerprint density at radius 1 is 1.42 bits per heavy atom. The molecule has 3 aromatic heterocycles. The molecule has 3 heterocycles. The lowest BCUT2D eigenvalue weighted by Gasteiger charge is -2.08. The van der Waals surface area contributed by atoms with E-state index in [0.717, 1.165) is 40.1 Å². The molecule has 0 aliphatic rings. The third-order valence-electron chi connectivity index (χ3n) is 3.90. The van der Waals surface area contributed by atoms with Crippen molar-refractivity contribution in [1.29, 1.82) is 0 Å². The minimum Gasteiger partial charge on any atom is -0.352 e. The molecular weight excluding hydrogens is 322 g/mol. The lowest BCUT2D eigenvalue weighted by molar-refractivity contribution is 0.0954. The first-order chi connectivity index (χ1) is 11.6. The molecule has 0 spiro atoms. The van der Waals surface area contributed by atoms with Crippen molar-refractivity contribution in [2.45, 2.75) is 19.8 Å². The molecule has 6 nitrogen and oxygen atoms in total. The Morgan fingerprint density at radius 3 is 2.96 bits per heavy atom. The third kappa shape index (κ3) is 3.18. The fraction of sp³-hybridized carbons (Fsp3) is 0.353. The number of carbonyl (C=O) groups excluding carboxylic acids is 1. The van der Waals surface area contributed by atoms with Crippen LogP contribution in [0.1, 0.15) is 28.9 Å². The number of aryl methyl sites for hydroxylation is 2. The first-order valence-electron chi connectivity index (χ1n) is 7.98. The Bertz CT molecular complexity index is 854. The minimum atomic E-state index is -0.0895. The Morgan fingerprint density at radius 2 is 2.25 bits per heavy atom. The molecule has 3 N–H and O–H groups in total. The molecule has 3 aromatic rings. The molecule has 0 unspecified atom stereocenters. The average molecular weight is 343 g/mol. The van der Waals surface area contributed by atoms with Crippen LogP contribution >= 0.6 is 11.3 Å². The zero-order chi connectivity index (χ0) is 17.1. The fourth-order valence-electron chi connectivity index (χ4n) is 2.74. The van der Waals surface area contributed by atoms with Gasteiger partial charge < -0.3 is 11.1 Å². The van der Waals surface area contributed by atoms with Crippen molar-refractivity contribution in [3.63, 3.8) is 0 Å². The second-order valence-electron chi connectivity index (χ2n) is 5.69. The largest absolute Gasteiger partial charge is 0.352 e. The molecule has 0 atom stereocenters. The van der Waals surface area contributed by atoms with Crippen LogP contribution in [0.4, 0.5) is 0 Å². The zero-order valence-corrected chi connectivity index (χ0v) is 14.7. The van der Waals surface area contributed by atoms with Crippen molar-refractivity contribution in [2.24, 2.45) is 12.8 Å². The maximum atomic E-state index is 12.7. The van der Waals surface area contributed by atoms with Crippen LogP contribution in [0.15, 0.2) is 23.6 Å². The van der Waals surface area contributed by atoms with Crippen LogP contribution in [0, 0.1) is 6.92 Å². The molecule has 0 saturated heterocycles. The van der Waals surface area contributed by atoms with Gasteiger partial charge in [-0.05, 0) is 43.8 Å². The fourth-order valence-corrected chi connectivity index (χ4v) is 3.43. The second kappa shape index (κ2) is 7.11. The molecule has 0 aliphatic carbocycles. The molecule has 24 heavy (non-hydrogen) atoms. The first kappa shape index (κ1) is 16.6. The van der Waals surface area contributed by atoms with E-state index in [1.165, 1.54) is 0 Å². The van der Waals surface area contributed by atoms with E-state index < -0.39 is 0 Å². The highest BCUT2D eigenvalue weighted by Crippen LogP contribution is 2.29. The molecule has 1 amide bonds.